The van der Waals surface area contributed by atoms with Crippen LogP contribution in [0.2, 0.25) is 0 Å². The van der Waals surface area contributed by atoms with E-state index in [1.54, 1.807) is 0 Å². The molecular weight excluding hydrogens is 258 g/mol. The molecule has 19 heavy (non-hydrogen) atoms. The number of carboxylic acids is 2. The minimum atomic E-state index is -1.12. The molecule has 0 saturated heterocycles. The maximum Gasteiger partial charge on any atom is 0.317 e. The highest BCUT2D eigenvalue weighted by Crippen LogP contribution is 1.92. The average molecular weight is 275 g/mol. The zero-order valence-electron chi connectivity index (χ0n) is 10.3. The van der Waals surface area contributed by atoms with Gasteiger partial charge in [0, 0.05) is 13.1 Å². The summed E-state index contributed by atoms with van der Waals surface area (Å²) in [6.45, 7) is -0.777. The van der Waals surface area contributed by atoms with Gasteiger partial charge < -0.3 is 20.7 Å². The highest BCUT2D eigenvalue weighted by atomic mass is 16.4. The summed E-state index contributed by atoms with van der Waals surface area (Å²) >= 11 is 0. The Bertz CT molecular complexity index is 330. The maximum absolute atomic E-state index is 10.8. The fourth-order valence-electron chi connectivity index (χ4n) is 1.44. The molecule has 1 amide bonds. The van der Waals surface area contributed by atoms with E-state index in [4.69, 9.17) is 15.9 Å². The molecule has 0 spiro atoms. The number of carbonyl (C=O) groups is 4. The van der Waals surface area contributed by atoms with Gasteiger partial charge in [-0.15, -0.1) is 0 Å². The van der Waals surface area contributed by atoms with Gasteiger partial charge in [0.25, 0.3) is 0 Å². The zero-order chi connectivity index (χ0) is 14.8. The number of carboxylic acid groups (broad SMARTS) is 2. The van der Waals surface area contributed by atoms with Gasteiger partial charge in [-0.25, -0.2) is 0 Å². The largest absolute Gasteiger partial charge is 0.480 e. The second-order valence-electron chi connectivity index (χ2n) is 3.87. The number of rotatable bonds is 11. The first kappa shape index (κ1) is 17.0. The van der Waals surface area contributed by atoms with Crippen molar-refractivity contribution in [2.45, 2.75) is 0 Å². The quantitative estimate of drug-likeness (QED) is 0.350. The molecule has 0 aliphatic heterocycles. The fraction of sp³-hybridized carbons (Fsp3) is 0.600. The highest BCUT2D eigenvalue weighted by molar-refractivity contribution is 5.77. The fourth-order valence-corrected chi connectivity index (χ4v) is 1.44. The summed E-state index contributed by atoms with van der Waals surface area (Å²) in [7, 11) is 0. The molecule has 0 aromatic rings. The van der Waals surface area contributed by atoms with Crippen LogP contribution in [0.25, 0.3) is 0 Å². The van der Waals surface area contributed by atoms with E-state index in [0.717, 1.165) is 0 Å². The van der Waals surface area contributed by atoms with Crippen LogP contribution in [0.5, 0.6) is 0 Å². The van der Waals surface area contributed by atoms with E-state index in [2.05, 4.69) is 0 Å². The molecule has 0 saturated carbocycles. The molecule has 4 N–H and O–H groups in total. The van der Waals surface area contributed by atoms with Crippen LogP contribution < -0.4 is 5.73 Å². The molecule has 0 unspecified atom stereocenters. The van der Waals surface area contributed by atoms with Gasteiger partial charge >= 0.3 is 11.9 Å². The molecule has 0 fully saturated rings. The van der Waals surface area contributed by atoms with Crippen LogP contribution in [0.3, 0.4) is 0 Å². The maximum atomic E-state index is 10.8. The standard InChI is InChI=1S/C10H17N3O6/c11-8(15)5-13(7-10(18)19)2-1-12(3-4-14)6-9(16)17/h4H,1-3,5-7H2,(H2,11,15)(H,16,17)(H,18,19). The number of nitrogens with two attached hydrogens (primary N) is 1. The first-order chi connectivity index (χ1) is 8.85. The van der Waals surface area contributed by atoms with Gasteiger partial charge in [-0.2, -0.15) is 0 Å². The van der Waals surface area contributed by atoms with Crippen molar-refractivity contribution in [3.05, 3.63) is 0 Å². The molecular formula is C10H17N3O6. The molecule has 0 aliphatic rings. The number of aliphatic carboxylic acids is 2. The number of hydrogen-bond acceptors (Lipinski definition) is 6. The van der Waals surface area contributed by atoms with Gasteiger partial charge in [0.05, 0.1) is 26.2 Å². The summed E-state index contributed by atoms with van der Waals surface area (Å²) in [5, 5.41) is 17.3. The highest BCUT2D eigenvalue weighted by Gasteiger charge is 2.15. The minimum absolute atomic E-state index is 0.0796. The Morgan fingerprint density at radius 1 is 0.947 bits per heavy atom. The van der Waals surface area contributed by atoms with Crippen molar-refractivity contribution in [3.8, 4) is 0 Å². The van der Waals surface area contributed by atoms with E-state index in [1.807, 2.05) is 0 Å². The molecule has 0 aromatic carbocycles. The predicted octanol–water partition coefficient (Wildman–Crippen LogP) is -2.56. The lowest BCUT2D eigenvalue weighted by Gasteiger charge is -2.23. The number of aldehydes is 1. The summed E-state index contributed by atoms with van der Waals surface area (Å²) < 4.78 is 0. The van der Waals surface area contributed by atoms with Gasteiger partial charge in [-0.3, -0.25) is 24.2 Å². The van der Waals surface area contributed by atoms with Gasteiger partial charge in [0.15, 0.2) is 0 Å². The van der Waals surface area contributed by atoms with Crippen LogP contribution in [-0.2, 0) is 19.2 Å². The Labute approximate surface area is 109 Å². The van der Waals surface area contributed by atoms with Crippen molar-refractivity contribution in [2.24, 2.45) is 5.73 Å². The molecule has 0 aromatic heterocycles. The van der Waals surface area contributed by atoms with Crippen molar-refractivity contribution in [3.63, 3.8) is 0 Å². The summed E-state index contributed by atoms with van der Waals surface area (Å²) in [6.07, 6.45) is 0.554. The zero-order valence-corrected chi connectivity index (χ0v) is 10.3. The second-order valence-corrected chi connectivity index (χ2v) is 3.87. The number of hydrogen-bond donors (Lipinski definition) is 3. The Morgan fingerprint density at radius 2 is 1.42 bits per heavy atom. The van der Waals surface area contributed by atoms with E-state index in [-0.39, 0.29) is 39.3 Å². The third-order valence-electron chi connectivity index (χ3n) is 2.16. The van der Waals surface area contributed by atoms with Crippen molar-refractivity contribution in [1.82, 2.24) is 9.80 Å². The van der Waals surface area contributed by atoms with Gasteiger partial charge in [-0.05, 0) is 0 Å². The van der Waals surface area contributed by atoms with Crippen LogP contribution in [-0.4, -0.2) is 83.4 Å². The SMILES string of the molecule is NC(=O)CN(CCN(CC=O)CC(=O)O)CC(=O)O. The normalized spacial score (nSPS) is 10.6. The monoisotopic (exact) mass is 275 g/mol. The molecule has 0 bridgehead atoms. The topological polar surface area (TPSA) is 141 Å². The van der Waals surface area contributed by atoms with E-state index >= 15 is 0 Å². The third-order valence-corrected chi connectivity index (χ3v) is 2.16. The number of carbonyl (C=O) groups excluding carboxylic acids is 2. The summed E-state index contributed by atoms with van der Waals surface area (Å²) in [5.74, 6) is -2.90. The smallest absolute Gasteiger partial charge is 0.317 e. The number of nitrogens with zero attached hydrogens (tertiary/aromatic N) is 2. The summed E-state index contributed by atoms with van der Waals surface area (Å²) in [4.78, 5) is 44.9. The van der Waals surface area contributed by atoms with Gasteiger partial charge in [0.2, 0.25) is 5.91 Å². The first-order valence-corrected chi connectivity index (χ1v) is 5.45. The van der Waals surface area contributed by atoms with Crippen molar-refractivity contribution in [2.75, 3.05) is 39.3 Å². The van der Waals surface area contributed by atoms with Gasteiger partial charge in [-0.1, -0.05) is 0 Å². The summed E-state index contributed by atoms with van der Waals surface area (Å²) in [5.41, 5.74) is 4.98. The Balaban J connectivity index is 4.37. The average Bonchev–Trinajstić information content (AvgIpc) is 2.23. The van der Waals surface area contributed by atoms with Crippen molar-refractivity contribution in [1.29, 1.82) is 0 Å². The van der Waals surface area contributed by atoms with Crippen LogP contribution in [0.15, 0.2) is 0 Å². The van der Waals surface area contributed by atoms with E-state index in [1.165, 1.54) is 9.80 Å². The molecule has 0 aliphatic carbocycles. The van der Waals surface area contributed by atoms with Crippen LogP contribution in [0, 0.1) is 0 Å². The number of primary amides is 1. The Kier molecular flexibility index (Phi) is 8.05. The van der Waals surface area contributed by atoms with Crippen molar-refractivity contribution < 1.29 is 29.4 Å². The third kappa shape index (κ3) is 9.68. The second kappa shape index (κ2) is 9.00. The lowest BCUT2D eigenvalue weighted by Crippen LogP contribution is -2.43. The molecule has 0 atom stereocenters. The van der Waals surface area contributed by atoms with Gasteiger partial charge in [0.1, 0.15) is 6.29 Å². The Hall–Kier alpha value is -2.00. The molecule has 9 nitrogen and oxygen atoms in total. The van der Waals surface area contributed by atoms with Crippen molar-refractivity contribution >= 4 is 24.1 Å². The van der Waals surface area contributed by atoms with E-state index in [9.17, 15) is 19.2 Å². The molecule has 9 heteroatoms. The lowest BCUT2D eigenvalue weighted by molar-refractivity contribution is -0.140. The number of amides is 1. The lowest BCUT2D eigenvalue weighted by atomic mass is 10.4. The Morgan fingerprint density at radius 3 is 1.84 bits per heavy atom. The first-order valence-electron chi connectivity index (χ1n) is 5.45. The van der Waals surface area contributed by atoms with Crippen LogP contribution in [0.1, 0.15) is 0 Å². The van der Waals surface area contributed by atoms with Crippen LogP contribution >= 0.6 is 0 Å². The molecule has 0 heterocycles. The summed E-state index contributed by atoms with van der Waals surface area (Å²) in [6, 6.07) is 0. The van der Waals surface area contributed by atoms with Crippen LogP contribution in [0.4, 0.5) is 0 Å². The van der Waals surface area contributed by atoms with E-state index < -0.39 is 17.8 Å². The molecule has 0 rings (SSSR count). The minimum Gasteiger partial charge on any atom is -0.480 e. The predicted molar refractivity (Wildman–Crippen MR) is 63.4 cm³/mol. The molecule has 0 radical (unpaired) electrons. The molecule has 108 valence electrons. The van der Waals surface area contributed by atoms with E-state index in [0.29, 0.717) is 6.29 Å².